The topological polar surface area (TPSA) is 84.2 Å². The molecule has 0 spiro atoms. The van der Waals surface area contributed by atoms with Crippen molar-refractivity contribution < 1.29 is 9.32 Å². The lowest BCUT2D eigenvalue weighted by Gasteiger charge is -2.19. The van der Waals surface area contributed by atoms with E-state index in [0.717, 1.165) is 56.0 Å². The quantitative estimate of drug-likeness (QED) is 0.926. The van der Waals surface area contributed by atoms with E-state index < -0.39 is 0 Å². The Hall–Kier alpha value is -2.44. The summed E-state index contributed by atoms with van der Waals surface area (Å²) in [4.78, 5) is 23.1. The van der Waals surface area contributed by atoms with Gasteiger partial charge in [0.1, 0.15) is 5.82 Å². The molecule has 2 aromatic rings. The third kappa shape index (κ3) is 3.90. The molecule has 1 atom stereocenters. The molecule has 1 saturated heterocycles. The summed E-state index contributed by atoms with van der Waals surface area (Å²) in [5, 5.41) is 6.77. The fraction of sp³-hybridized carbons (Fsp3) is 0.529. The van der Waals surface area contributed by atoms with Crippen LogP contribution in [-0.2, 0) is 6.42 Å². The maximum atomic E-state index is 12.5. The highest BCUT2D eigenvalue weighted by atomic mass is 16.5. The number of rotatable bonds is 4. The second-order valence-corrected chi connectivity index (χ2v) is 6.27. The van der Waals surface area contributed by atoms with Crippen molar-refractivity contribution in [1.29, 1.82) is 0 Å². The van der Waals surface area contributed by atoms with Crippen LogP contribution in [0.1, 0.15) is 41.2 Å². The predicted molar refractivity (Wildman–Crippen MR) is 89.8 cm³/mol. The summed E-state index contributed by atoms with van der Waals surface area (Å²) >= 11 is 0. The van der Waals surface area contributed by atoms with Crippen molar-refractivity contribution in [2.75, 3.05) is 25.5 Å². The molecule has 1 aliphatic heterocycles. The fourth-order valence-electron chi connectivity index (χ4n) is 3.08. The Balaban J connectivity index is 1.57. The van der Waals surface area contributed by atoms with E-state index in [4.69, 9.17) is 4.52 Å². The van der Waals surface area contributed by atoms with Crippen LogP contribution >= 0.6 is 0 Å². The zero-order chi connectivity index (χ0) is 16.9. The molecular weight excluding hydrogens is 306 g/mol. The molecule has 7 heteroatoms. The first-order valence-electron chi connectivity index (χ1n) is 8.37. The highest BCUT2D eigenvalue weighted by Crippen LogP contribution is 2.22. The van der Waals surface area contributed by atoms with Crippen molar-refractivity contribution in [3.63, 3.8) is 0 Å². The van der Waals surface area contributed by atoms with Gasteiger partial charge in [0.2, 0.25) is 5.76 Å². The molecule has 2 aromatic heterocycles. The van der Waals surface area contributed by atoms with E-state index in [2.05, 4.69) is 20.4 Å². The summed E-state index contributed by atoms with van der Waals surface area (Å²) < 4.78 is 5.10. The molecule has 1 unspecified atom stereocenters. The molecule has 0 bridgehead atoms. The Morgan fingerprint density at radius 1 is 1.33 bits per heavy atom. The Morgan fingerprint density at radius 3 is 2.88 bits per heavy atom. The van der Waals surface area contributed by atoms with Crippen LogP contribution in [0.4, 0.5) is 5.82 Å². The summed E-state index contributed by atoms with van der Waals surface area (Å²) in [7, 11) is 1.83. The smallest absolute Gasteiger partial charge is 0.292 e. The monoisotopic (exact) mass is 329 g/mol. The number of nitrogens with zero attached hydrogens (tertiary/aromatic N) is 4. The van der Waals surface area contributed by atoms with Crippen molar-refractivity contribution in [3.8, 4) is 0 Å². The minimum atomic E-state index is -0.0607. The van der Waals surface area contributed by atoms with Crippen molar-refractivity contribution in [1.82, 2.24) is 20.0 Å². The molecule has 0 aromatic carbocycles. The van der Waals surface area contributed by atoms with Gasteiger partial charge >= 0.3 is 0 Å². The first kappa shape index (κ1) is 16.4. The molecule has 128 valence electrons. The highest BCUT2D eigenvalue weighted by molar-refractivity contribution is 5.91. The summed E-state index contributed by atoms with van der Waals surface area (Å²) in [6, 6.07) is 1.70. The van der Waals surface area contributed by atoms with Crippen LogP contribution in [0.15, 0.2) is 23.0 Å². The molecule has 1 N–H and O–H groups in total. The lowest BCUT2D eigenvalue weighted by atomic mass is 9.95. The van der Waals surface area contributed by atoms with E-state index in [-0.39, 0.29) is 5.91 Å². The van der Waals surface area contributed by atoms with E-state index in [1.54, 1.807) is 12.3 Å². The lowest BCUT2D eigenvalue weighted by molar-refractivity contribution is 0.0718. The number of likely N-dealkylation sites (tertiary alicyclic amines) is 1. The number of aromatic nitrogens is 3. The molecule has 0 aliphatic carbocycles. The van der Waals surface area contributed by atoms with Crippen LogP contribution in [0.2, 0.25) is 0 Å². The first-order valence-corrected chi connectivity index (χ1v) is 8.37. The Kier molecular flexibility index (Phi) is 5.08. The summed E-state index contributed by atoms with van der Waals surface area (Å²) in [6.07, 6.45) is 7.54. The zero-order valence-electron chi connectivity index (χ0n) is 14.2. The third-order valence-corrected chi connectivity index (χ3v) is 4.43. The fourth-order valence-corrected chi connectivity index (χ4v) is 3.08. The zero-order valence-corrected chi connectivity index (χ0v) is 14.2. The minimum Gasteiger partial charge on any atom is -0.372 e. The van der Waals surface area contributed by atoms with Gasteiger partial charge in [0.15, 0.2) is 0 Å². The van der Waals surface area contributed by atoms with Gasteiger partial charge in [-0.25, -0.2) is 4.98 Å². The SMILES string of the molecule is CNc1cnc(CC2CCCN(C(=O)c3cc(C)no3)CC2)cn1. The molecule has 1 amide bonds. The number of nitrogens with one attached hydrogen (secondary N) is 1. The highest BCUT2D eigenvalue weighted by Gasteiger charge is 2.24. The van der Waals surface area contributed by atoms with E-state index in [0.29, 0.717) is 11.7 Å². The van der Waals surface area contributed by atoms with Gasteiger partial charge in [-0.05, 0) is 38.5 Å². The molecular formula is C17H23N5O2. The standard InChI is InChI=1S/C17H23N5O2/c1-12-8-15(24-21-12)17(23)22-6-3-4-13(5-7-22)9-14-10-20-16(18-2)11-19-14/h8,10-11,13H,3-7,9H2,1-2H3,(H,18,20). The van der Waals surface area contributed by atoms with Crippen molar-refractivity contribution in [2.45, 2.75) is 32.6 Å². The van der Waals surface area contributed by atoms with Crippen LogP contribution < -0.4 is 5.32 Å². The molecule has 3 rings (SSSR count). The molecule has 1 fully saturated rings. The first-order chi connectivity index (χ1) is 11.7. The number of hydrogen-bond acceptors (Lipinski definition) is 6. The summed E-state index contributed by atoms with van der Waals surface area (Å²) in [5.41, 5.74) is 1.74. The second-order valence-electron chi connectivity index (χ2n) is 6.27. The maximum Gasteiger partial charge on any atom is 0.292 e. The number of aryl methyl sites for hydroxylation is 1. The van der Waals surface area contributed by atoms with Crippen molar-refractivity contribution in [3.05, 3.63) is 35.6 Å². The Labute approximate surface area is 141 Å². The van der Waals surface area contributed by atoms with Gasteiger partial charge in [-0.15, -0.1) is 0 Å². The Morgan fingerprint density at radius 2 is 2.21 bits per heavy atom. The molecule has 1 aliphatic rings. The van der Waals surface area contributed by atoms with Crippen molar-refractivity contribution >= 4 is 11.7 Å². The third-order valence-electron chi connectivity index (χ3n) is 4.43. The second kappa shape index (κ2) is 7.42. The van der Waals surface area contributed by atoms with Crippen molar-refractivity contribution in [2.24, 2.45) is 5.92 Å². The summed E-state index contributed by atoms with van der Waals surface area (Å²) in [5.74, 6) is 1.57. The number of amides is 1. The average Bonchev–Trinajstić information content (AvgIpc) is 2.90. The van der Waals surface area contributed by atoms with E-state index in [9.17, 15) is 4.79 Å². The van der Waals surface area contributed by atoms with Gasteiger partial charge in [0.25, 0.3) is 5.91 Å². The molecule has 7 nitrogen and oxygen atoms in total. The van der Waals surface area contributed by atoms with Crippen LogP contribution in [0.5, 0.6) is 0 Å². The summed E-state index contributed by atoms with van der Waals surface area (Å²) in [6.45, 7) is 3.32. The number of anilines is 1. The van der Waals surface area contributed by atoms with Gasteiger partial charge < -0.3 is 14.7 Å². The molecule has 24 heavy (non-hydrogen) atoms. The number of hydrogen-bond donors (Lipinski definition) is 1. The predicted octanol–water partition coefficient (Wildman–Crippen LogP) is 2.30. The van der Waals surface area contributed by atoms with Gasteiger partial charge in [0, 0.05) is 26.2 Å². The normalized spacial score (nSPS) is 18.2. The molecule has 3 heterocycles. The number of carbonyl (C=O) groups is 1. The van der Waals surface area contributed by atoms with Crippen LogP contribution in [0, 0.1) is 12.8 Å². The maximum absolute atomic E-state index is 12.5. The lowest BCUT2D eigenvalue weighted by Crippen LogP contribution is -2.31. The van der Waals surface area contributed by atoms with Crippen LogP contribution in [0.3, 0.4) is 0 Å². The number of carbonyl (C=O) groups excluding carboxylic acids is 1. The van der Waals surface area contributed by atoms with Gasteiger partial charge in [-0.2, -0.15) is 0 Å². The van der Waals surface area contributed by atoms with E-state index in [1.165, 1.54) is 0 Å². The molecule has 0 radical (unpaired) electrons. The van der Waals surface area contributed by atoms with Crippen LogP contribution in [-0.4, -0.2) is 46.1 Å². The van der Waals surface area contributed by atoms with E-state index in [1.807, 2.05) is 25.1 Å². The van der Waals surface area contributed by atoms with Gasteiger partial charge in [-0.3, -0.25) is 9.78 Å². The molecule has 0 saturated carbocycles. The minimum absolute atomic E-state index is 0.0607. The van der Waals surface area contributed by atoms with E-state index >= 15 is 0 Å². The van der Waals surface area contributed by atoms with Gasteiger partial charge in [0.05, 0.1) is 23.8 Å². The average molecular weight is 329 g/mol. The Bertz CT molecular complexity index is 683. The van der Waals surface area contributed by atoms with Gasteiger partial charge in [-0.1, -0.05) is 5.16 Å². The largest absolute Gasteiger partial charge is 0.372 e. The van der Waals surface area contributed by atoms with Crippen LogP contribution in [0.25, 0.3) is 0 Å².